The van der Waals surface area contributed by atoms with Crippen LogP contribution in [0.25, 0.3) is 5.69 Å². The van der Waals surface area contributed by atoms with Gasteiger partial charge in [0.25, 0.3) is 0 Å². The Morgan fingerprint density at radius 3 is 2.64 bits per heavy atom. The summed E-state index contributed by atoms with van der Waals surface area (Å²) >= 11 is 1.51. The Balaban J connectivity index is 1.70. The summed E-state index contributed by atoms with van der Waals surface area (Å²) in [4.78, 5) is 28.9. The SMILES string of the molecule is COc1ccc(OC)c([C@@H]2SCC(=O)N(CC(=O)NC[C@H]3CCCO3)c3c2c(C(C)(C)C)nn3-c2cccc(C)c2)c1. The number of hydrogen-bond acceptors (Lipinski definition) is 7. The van der Waals surface area contributed by atoms with E-state index in [4.69, 9.17) is 19.3 Å². The van der Waals surface area contributed by atoms with Gasteiger partial charge in [0.05, 0.1) is 42.7 Å². The molecule has 5 rings (SSSR count). The highest BCUT2D eigenvalue weighted by Gasteiger charge is 2.41. The zero-order chi connectivity index (χ0) is 30.0. The first-order valence-electron chi connectivity index (χ1n) is 14.3. The molecule has 2 aliphatic rings. The number of carbonyl (C=O) groups excluding carboxylic acids is 2. The van der Waals surface area contributed by atoms with Crippen LogP contribution in [0.1, 0.15) is 61.2 Å². The molecule has 3 aromatic rings. The first-order valence-corrected chi connectivity index (χ1v) is 15.4. The number of benzene rings is 2. The minimum absolute atomic E-state index is 0.00937. The maximum absolute atomic E-state index is 13.9. The molecule has 0 aliphatic carbocycles. The zero-order valence-corrected chi connectivity index (χ0v) is 26.0. The van der Waals surface area contributed by atoms with Crippen LogP contribution in [-0.4, -0.2) is 67.4 Å². The average molecular weight is 593 g/mol. The zero-order valence-electron chi connectivity index (χ0n) is 25.2. The quantitative estimate of drug-likeness (QED) is 0.395. The van der Waals surface area contributed by atoms with Crippen molar-refractivity contribution < 1.29 is 23.8 Å². The Labute approximate surface area is 251 Å². The molecule has 224 valence electrons. The molecular formula is C32H40N4O5S. The molecule has 0 spiro atoms. The second-order valence-electron chi connectivity index (χ2n) is 11.8. The van der Waals surface area contributed by atoms with Crippen molar-refractivity contribution in [2.75, 3.05) is 44.6 Å². The largest absolute Gasteiger partial charge is 0.497 e. The van der Waals surface area contributed by atoms with Crippen LogP contribution in [0.5, 0.6) is 11.5 Å². The molecule has 1 fully saturated rings. The van der Waals surface area contributed by atoms with Gasteiger partial charge in [-0.15, -0.1) is 11.8 Å². The van der Waals surface area contributed by atoms with Gasteiger partial charge < -0.3 is 19.5 Å². The van der Waals surface area contributed by atoms with Gasteiger partial charge >= 0.3 is 0 Å². The molecule has 2 atom stereocenters. The number of aromatic nitrogens is 2. The summed E-state index contributed by atoms with van der Waals surface area (Å²) in [5.41, 5.74) is 4.14. The summed E-state index contributed by atoms with van der Waals surface area (Å²) in [6, 6.07) is 13.7. The number of anilines is 1. The third kappa shape index (κ3) is 6.15. The molecule has 2 aliphatic heterocycles. The molecule has 42 heavy (non-hydrogen) atoms. The van der Waals surface area contributed by atoms with Crippen LogP contribution in [0.2, 0.25) is 0 Å². The van der Waals surface area contributed by atoms with E-state index in [9.17, 15) is 9.59 Å². The third-order valence-electron chi connectivity index (χ3n) is 7.62. The number of amides is 2. The lowest BCUT2D eigenvalue weighted by Gasteiger charge is -2.25. The van der Waals surface area contributed by atoms with Crippen LogP contribution < -0.4 is 19.7 Å². The number of ether oxygens (including phenoxy) is 3. The topological polar surface area (TPSA) is 94.9 Å². The fraction of sp³-hybridized carbons (Fsp3) is 0.469. The van der Waals surface area contributed by atoms with Gasteiger partial charge in [0, 0.05) is 29.7 Å². The van der Waals surface area contributed by atoms with E-state index in [2.05, 4.69) is 26.1 Å². The first-order chi connectivity index (χ1) is 20.1. The second kappa shape index (κ2) is 12.4. The van der Waals surface area contributed by atoms with Gasteiger partial charge in [0.2, 0.25) is 11.8 Å². The number of nitrogens with zero attached hydrogens (tertiary/aromatic N) is 3. The van der Waals surface area contributed by atoms with Crippen molar-refractivity contribution in [3.63, 3.8) is 0 Å². The van der Waals surface area contributed by atoms with E-state index in [0.29, 0.717) is 30.5 Å². The number of fused-ring (bicyclic) bond motifs is 1. The molecule has 1 saturated heterocycles. The van der Waals surface area contributed by atoms with E-state index in [1.165, 1.54) is 11.8 Å². The molecule has 3 heterocycles. The van der Waals surface area contributed by atoms with Gasteiger partial charge in [-0.05, 0) is 55.7 Å². The van der Waals surface area contributed by atoms with Crippen molar-refractivity contribution in [1.29, 1.82) is 0 Å². The summed E-state index contributed by atoms with van der Waals surface area (Å²) in [5, 5.41) is 7.87. The molecule has 0 unspecified atom stereocenters. The Bertz CT molecular complexity index is 1460. The maximum Gasteiger partial charge on any atom is 0.240 e. The molecule has 0 bridgehead atoms. The molecule has 0 radical (unpaired) electrons. The smallest absolute Gasteiger partial charge is 0.240 e. The van der Waals surface area contributed by atoms with Gasteiger partial charge in [-0.25, -0.2) is 4.68 Å². The highest BCUT2D eigenvalue weighted by Crippen LogP contribution is 2.51. The van der Waals surface area contributed by atoms with E-state index in [1.54, 1.807) is 19.1 Å². The summed E-state index contributed by atoms with van der Waals surface area (Å²) in [6.07, 6.45) is 1.92. The monoisotopic (exact) mass is 592 g/mol. The van der Waals surface area contributed by atoms with E-state index in [1.807, 2.05) is 54.1 Å². The number of hydrogen-bond donors (Lipinski definition) is 1. The van der Waals surface area contributed by atoms with Gasteiger partial charge in [-0.3, -0.25) is 14.5 Å². The number of nitrogens with one attached hydrogen (secondary N) is 1. The number of methoxy groups -OCH3 is 2. The van der Waals surface area contributed by atoms with Crippen LogP contribution in [0.3, 0.4) is 0 Å². The lowest BCUT2D eigenvalue weighted by atomic mass is 9.87. The molecule has 10 heteroatoms. The average Bonchev–Trinajstić information content (AvgIpc) is 3.61. The highest BCUT2D eigenvalue weighted by molar-refractivity contribution is 8.00. The summed E-state index contributed by atoms with van der Waals surface area (Å²) in [7, 11) is 3.28. The van der Waals surface area contributed by atoms with Crippen LogP contribution in [0, 0.1) is 6.92 Å². The number of thioether (sulfide) groups is 1. The Hall–Kier alpha value is -3.50. The van der Waals surface area contributed by atoms with Crippen molar-refractivity contribution in [1.82, 2.24) is 15.1 Å². The number of rotatable bonds is 8. The fourth-order valence-corrected chi connectivity index (χ4v) is 6.75. The van der Waals surface area contributed by atoms with Crippen LogP contribution >= 0.6 is 11.8 Å². The summed E-state index contributed by atoms with van der Waals surface area (Å²) in [6.45, 7) is 9.40. The Morgan fingerprint density at radius 1 is 1.17 bits per heavy atom. The van der Waals surface area contributed by atoms with Crippen LogP contribution in [-0.2, 0) is 19.7 Å². The fourth-order valence-electron chi connectivity index (χ4n) is 5.54. The van der Waals surface area contributed by atoms with Gasteiger partial charge in [0.1, 0.15) is 23.9 Å². The summed E-state index contributed by atoms with van der Waals surface area (Å²) in [5.74, 6) is 1.77. The minimum atomic E-state index is -0.370. The first kappa shape index (κ1) is 30.0. The second-order valence-corrected chi connectivity index (χ2v) is 12.9. The van der Waals surface area contributed by atoms with Gasteiger partial charge in [0.15, 0.2) is 0 Å². The number of aryl methyl sites for hydroxylation is 1. The lowest BCUT2D eigenvalue weighted by molar-refractivity contribution is -0.123. The van der Waals surface area contributed by atoms with Crippen molar-refractivity contribution >= 4 is 29.4 Å². The molecule has 9 nitrogen and oxygen atoms in total. The highest BCUT2D eigenvalue weighted by atomic mass is 32.2. The van der Waals surface area contributed by atoms with Crippen LogP contribution in [0.15, 0.2) is 42.5 Å². The van der Waals surface area contributed by atoms with E-state index in [0.717, 1.165) is 40.9 Å². The molecule has 2 aromatic carbocycles. The van der Waals surface area contributed by atoms with Crippen molar-refractivity contribution in [3.8, 4) is 17.2 Å². The molecule has 2 amide bonds. The minimum Gasteiger partial charge on any atom is -0.497 e. The lowest BCUT2D eigenvalue weighted by Crippen LogP contribution is -2.44. The van der Waals surface area contributed by atoms with Crippen molar-refractivity contribution in [2.45, 2.75) is 57.3 Å². The number of carbonyl (C=O) groups is 2. The van der Waals surface area contributed by atoms with Crippen molar-refractivity contribution in [3.05, 3.63) is 64.8 Å². The van der Waals surface area contributed by atoms with Gasteiger partial charge in [-0.2, -0.15) is 5.10 Å². The third-order valence-corrected chi connectivity index (χ3v) is 8.85. The van der Waals surface area contributed by atoms with E-state index >= 15 is 0 Å². The standard InChI is InChI=1S/C32H40N4O5S/c1-20-9-7-10-21(15-20)36-31-28(30(34-36)32(2,3)4)29(24-16-22(39-5)12-13-25(24)40-6)42-19-27(38)35(31)18-26(37)33-17-23-11-8-14-41-23/h7,9-10,12-13,15-16,23,29H,8,11,14,17-19H2,1-6H3,(H,33,37)/t23-,29+/m1/s1. The molecule has 1 aromatic heterocycles. The van der Waals surface area contributed by atoms with E-state index in [-0.39, 0.29) is 40.9 Å². The predicted molar refractivity (Wildman–Crippen MR) is 165 cm³/mol. The summed E-state index contributed by atoms with van der Waals surface area (Å²) < 4.78 is 18.9. The van der Waals surface area contributed by atoms with Crippen LogP contribution in [0.4, 0.5) is 5.82 Å². The normalized spacial score (nSPS) is 18.9. The Kier molecular flexibility index (Phi) is 8.84. The Morgan fingerprint density at radius 2 is 1.98 bits per heavy atom. The molecular weight excluding hydrogens is 552 g/mol. The van der Waals surface area contributed by atoms with Gasteiger partial charge in [-0.1, -0.05) is 32.9 Å². The van der Waals surface area contributed by atoms with E-state index < -0.39 is 0 Å². The maximum atomic E-state index is 13.9. The molecule has 1 N–H and O–H groups in total. The van der Waals surface area contributed by atoms with Crippen molar-refractivity contribution in [2.24, 2.45) is 0 Å². The molecule has 0 saturated carbocycles. The predicted octanol–water partition coefficient (Wildman–Crippen LogP) is 4.96.